The molecule has 2 heteroatoms. The van der Waals surface area contributed by atoms with Crippen LogP contribution in [0.1, 0.15) is 11.1 Å². The van der Waals surface area contributed by atoms with E-state index in [1.54, 1.807) is 0 Å². The summed E-state index contributed by atoms with van der Waals surface area (Å²) in [7, 11) is 0. The Hall–Kier alpha value is -0.836. The Morgan fingerprint density at radius 3 is 2.27 bits per heavy atom. The van der Waals surface area contributed by atoms with Crippen LogP contribution in [0.2, 0.25) is 0 Å². The molecule has 0 amide bonds. The molecule has 0 saturated carbocycles. The average molecular weight is 182 g/mol. The van der Waals surface area contributed by atoms with Crippen LogP contribution in [0.5, 0.6) is 0 Å². The van der Waals surface area contributed by atoms with E-state index in [1.165, 1.54) is 0 Å². The summed E-state index contributed by atoms with van der Waals surface area (Å²) in [4.78, 5) is 0. The van der Waals surface area contributed by atoms with Gasteiger partial charge < -0.3 is 0 Å². The van der Waals surface area contributed by atoms with E-state index in [9.17, 15) is 0 Å². The van der Waals surface area contributed by atoms with E-state index in [1.807, 2.05) is 31.2 Å². The number of aryl methyl sites for hydroxylation is 1. The zero-order valence-electron chi connectivity index (χ0n) is 6.41. The van der Waals surface area contributed by atoms with E-state index < -0.39 is 0 Å². The molecular formula is C9H9NV. The molecule has 0 aromatic heterocycles. The molecule has 0 aliphatic rings. The molecule has 0 radical (unpaired) electrons. The van der Waals surface area contributed by atoms with Crippen LogP contribution in [0.15, 0.2) is 24.3 Å². The SMILES string of the molecule is Cc1ccccc1C#N.[CH2]=[V]. The molecule has 0 saturated heterocycles. The second kappa shape index (κ2) is 5.91. The Kier molecular flexibility index (Phi) is 5.46. The van der Waals surface area contributed by atoms with Gasteiger partial charge in [0.2, 0.25) is 0 Å². The fourth-order valence-electron chi connectivity index (χ4n) is 0.698. The minimum atomic E-state index is 0.762. The summed E-state index contributed by atoms with van der Waals surface area (Å²) in [5.41, 5.74) is 1.80. The van der Waals surface area contributed by atoms with E-state index in [-0.39, 0.29) is 0 Å². The van der Waals surface area contributed by atoms with Gasteiger partial charge in [0.25, 0.3) is 0 Å². The Morgan fingerprint density at radius 1 is 1.36 bits per heavy atom. The van der Waals surface area contributed by atoms with Crippen LogP contribution in [0, 0.1) is 18.3 Å². The van der Waals surface area contributed by atoms with Crippen molar-refractivity contribution in [3.05, 3.63) is 35.4 Å². The third-order valence-corrected chi connectivity index (χ3v) is 1.27. The molecule has 0 unspecified atom stereocenters. The summed E-state index contributed by atoms with van der Waals surface area (Å²) >= 11 is 2.06. The van der Waals surface area contributed by atoms with E-state index >= 15 is 0 Å². The maximum atomic E-state index is 8.47. The fraction of sp³-hybridized carbons (Fsp3) is 0.111. The summed E-state index contributed by atoms with van der Waals surface area (Å²) in [6.45, 7) is 1.93. The topological polar surface area (TPSA) is 23.8 Å². The summed E-state index contributed by atoms with van der Waals surface area (Å²) in [6.07, 6.45) is 0. The molecule has 0 atom stereocenters. The average Bonchev–Trinajstić information content (AvgIpc) is 2.09. The maximum absolute atomic E-state index is 8.47. The molecule has 0 fully saturated rings. The van der Waals surface area contributed by atoms with Gasteiger partial charge in [-0.05, 0) is 18.6 Å². The van der Waals surface area contributed by atoms with Gasteiger partial charge >= 0.3 is 22.2 Å². The van der Waals surface area contributed by atoms with Gasteiger partial charge in [-0.3, -0.25) is 0 Å². The Morgan fingerprint density at radius 2 is 1.91 bits per heavy atom. The number of nitriles is 1. The molecule has 0 heterocycles. The van der Waals surface area contributed by atoms with Gasteiger partial charge in [-0.25, -0.2) is 0 Å². The first kappa shape index (κ1) is 10.2. The van der Waals surface area contributed by atoms with Gasteiger partial charge in [-0.2, -0.15) is 5.26 Å². The van der Waals surface area contributed by atoms with E-state index in [0.717, 1.165) is 11.1 Å². The molecule has 0 N–H and O–H groups in total. The van der Waals surface area contributed by atoms with Gasteiger partial charge in [-0.1, -0.05) is 18.2 Å². The van der Waals surface area contributed by atoms with Gasteiger partial charge in [-0.15, -0.1) is 0 Å². The van der Waals surface area contributed by atoms with Crippen LogP contribution in [0.3, 0.4) is 0 Å². The van der Waals surface area contributed by atoms with Gasteiger partial charge in [0.05, 0.1) is 11.6 Å². The molecular weight excluding hydrogens is 173 g/mol. The Balaban J connectivity index is 0.000000461. The molecule has 0 aliphatic heterocycles. The molecule has 11 heavy (non-hydrogen) atoms. The zero-order valence-corrected chi connectivity index (χ0v) is 7.81. The first-order chi connectivity index (χ1) is 5.34. The van der Waals surface area contributed by atoms with Gasteiger partial charge in [0, 0.05) is 0 Å². The van der Waals surface area contributed by atoms with E-state index in [0.29, 0.717) is 0 Å². The monoisotopic (exact) mass is 182 g/mol. The van der Waals surface area contributed by atoms with Crippen LogP contribution >= 0.6 is 0 Å². The first-order valence-electron chi connectivity index (χ1n) is 3.12. The van der Waals surface area contributed by atoms with Crippen molar-refractivity contribution in [3.63, 3.8) is 0 Å². The zero-order chi connectivity index (χ0) is 8.69. The predicted molar refractivity (Wildman–Crippen MR) is 43.0 cm³/mol. The normalized spacial score (nSPS) is 7.18. The van der Waals surface area contributed by atoms with Gasteiger partial charge in [0.1, 0.15) is 0 Å². The van der Waals surface area contributed by atoms with E-state index in [4.69, 9.17) is 5.26 Å². The Labute approximate surface area is 76.2 Å². The molecule has 1 rings (SSSR count). The van der Waals surface area contributed by atoms with Crippen molar-refractivity contribution in [2.24, 2.45) is 0 Å². The first-order valence-corrected chi connectivity index (χ1v) is 4.10. The third kappa shape index (κ3) is 3.18. The summed E-state index contributed by atoms with van der Waals surface area (Å²) in [5, 5.41) is 11.7. The van der Waals surface area contributed by atoms with Crippen LogP contribution in [-0.2, 0) is 17.0 Å². The quantitative estimate of drug-likeness (QED) is 0.600. The molecule has 1 aromatic rings. The van der Waals surface area contributed by atoms with Gasteiger partial charge in [0.15, 0.2) is 0 Å². The van der Waals surface area contributed by atoms with Crippen LogP contribution in [-0.4, -0.2) is 5.23 Å². The molecule has 1 aromatic carbocycles. The predicted octanol–water partition coefficient (Wildman–Crippen LogP) is 1.83. The number of nitrogens with zero attached hydrogens (tertiary/aromatic N) is 1. The summed E-state index contributed by atoms with van der Waals surface area (Å²) < 4.78 is 0. The Bertz CT molecular complexity index is 263. The standard InChI is InChI=1S/C8H7N.CH2.V/c1-7-4-2-3-5-8(7)6-9;;/h2-5H,1H3;1H2;. The number of benzene rings is 1. The van der Waals surface area contributed by atoms with E-state index in [2.05, 4.69) is 28.3 Å². The van der Waals surface area contributed by atoms with Crippen molar-refractivity contribution < 1.29 is 17.0 Å². The van der Waals surface area contributed by atoms with Crippen molar-refractivity contribution in [1.82, 2.24) is 0 Å². The second-order valence-corrected chi connectivity index (χ2v) is 1.93. The molecule has 1 nitrogen and oxygen atoms in total. The minimum absolute atomic E-state index is 0.762. The van der Waals surface area contributed by atoms with Crippen molar-refractivity contribution >= 4 is 5.23 Å². The van der Waals surface area contributed by atoms with Crippen molar-refractivity contribution in [2.75, 3.05) is 0 Å². The number of hydrogen-bond acceptors (Lipinski definition) is 1. The molecule has 0 bridgehead atoms. The van der Waals surface area contributed by atoms with Crippen molar-refractivity contribution in [3.8, 4) is 6.07 Å². The number of hydrogen-bond donors (Lipinski definition) is 0. The third-order valence-electron chi connectivity index (χ3n) is 1.27. The van der Waals surface area contributed by atoms with Crippen molar-refractivity contribution in [2.45, 2.75) is 6.92 Å². The fourth-order valence-corrected chi connectivity index (χ4v) is 0.698. The second-order valence-electron chi connectivity index (χ2n) is 1.93. The molecule has 55 valence electrons. The van der Waals surface area contributed by atoms with Crippen LogP contribution < -0.4 is 0 Å². The molecule has 0 spiro atoms. The summed E-state index contributed by atoms with van der Waals surface area (Å²) in [5.74, 6) is 0. The van der Waals surface area contributed by atoms with Crippen molar-refractivity contribution in [1.29, 1.82) is 5.26 Å². The van der Waals surface area contributed by atoms with Crippen LogP contribution in [0.4, 0.5) is 0 Å². The van der Waals surface area contributed by atoms with Crippen LogP contribution in [0.25, 0.3) is 0 Å². The summed E-state index contributed by atoms with van der Waals surface area (Å²) in [6, 6.07) is 9.63. The molecule has 0 aliphatic carbocycles. The number of rotatable bonds is 0.